The lowest BCUT2D eigenvalue weighted by atomic mass is 9.94. The number of carbonyl (C=O) groups is 2. The number of amides is 3. The average Bonchev–Trinajstić information content (AvgIpc) is 3.76. The predicted octanol–water partition coefficient (Wildman–Crippen LogP) is 5.68. The number of aromatic nitrogens is 4. The summed E-state index contributed by atoms with van der Waals surface area (Å²) in [7, 11) is 1.58. The Kier molecular flexibility index (Phi) is 5.77. The molecule has 1 fully saturated rings. The first-order chi connectivity index (χ1) is 20.5. The van der Waals surface area contributed by atoms with E-state index in [1.165, 1.54) is 27.8 Å². The Hall–Kier alpha value is -4.41. The van der Waals surface area contributed by atoms with Gasteiger partial charge in [0.25, 0.3) is 5.91 Å². The number of thioether (sulfide) groups is 1. The lowest BCUT2D eigenvalue weighted by Crippen LogP contribution is -2.60. The Morgan fingerprint density at radius 1 is 1.10 bits per heavy atom. The summed E-state index contributed by atoms with van der Waals surface area (Å²) in [4.78, 5) is 38.3. The highest BCUT2D eigenvalue weighted by molar-refractivity contribution is 8.09. The summed E-state index contributed by atoms with van der Waals surface area (Å²) < 4.78 is 7.23. The van der Waals surface area contributed by atoms with Crippen molar-refractivity contribution in [2.45, 2.75) is 30.6 Å². The molecular weight excluding hydrogens is 572 g/mol. The molecule has 2 unspecified atom stereocenters. The van der Waals surface area contributed by atoms with Crippen LogP contribution in [0.15, 0.2) is 67.4 Å². The molecule has 0 radical (unpaired) electrons. The topological polar surface area (TPSA) is 102 Å². The van der Waals surface area contributed by atoms with Crippen LogP contribution in [-0.4, -0.2) is 49.9 Å². The molecule has 0 saturated carbocycles. The number of methoxy groups -OCH3 is 1. The molecule has 5 aromatic rings. The van der Waals surface area contributed by atoms with Crippen molar-refractivity contribution < 1.29 is 14.3 Å². The predicted molar refractivity (Wildman–Crippen MR) is 163 cm³/mol. The number of ether oxygens (including phenoxy) is 1. The Morgan fingerprint density at radius 2 is 1.98 bits per heavy atom. The molecule has 0 bridgehead atoms. The summed E-state index contributed by atoms with van der Waals surface area (Å²) in [6.45, 7) is 0. The van der Waals surface area contributed by atoms with E-state index >= 15 is 0 Å². The minimum atomic E-state index is -0.564. The fourth-order valence-corrected chi connectivity index (χ4v) is 8.01. The first-order valence-corrected chi connectivity index (χ1v) is 14.9. The number of aryl methyl sites for hydroxylation is 1. The number of fused-ring (bicyclic) bond motifs is 5. The molecule has 1 N–H and O–H groups in total. The highest BCUT2D eigenvalue weighted by Crippen LogP contribution is 2.49. The zero-order valence-electron chi connectivity index (χ0n) is 22.4. The van der Waals surface area contributed by atoms with Crippen molar-refractivity contribution in [3.63, 3.8) is 0 Å². The molecule has 1 aliphatic carbocycles. The number of urea groups is 1. The van der Waals surface area contributed by atoms with Gasteiger partial charge in [0.15, 0.2) is 5.65 Å². The minimum absolute atomic E-state index is 0.310. The summed E-state index contributed by atoms with van der Waals surface area (Å²) in [6, 6.07) is 10.4. The SMILES string of the molecule is COc1ccc2cncc(N3C(=O)NC4C=C(c5c(Cl)cccc5-c5cn6ncnc6c6c5CCC6)SC4C3=O)c2c1. The van der Waals surface area contributed by atoms with Crippen molar-refractivity contribution in [2.24, 2.45) is 0 Å². The number of halogens is 1. The van der Waals surface area contributed by atoms with E-state index < -0.39 is 17.3 Å². The van der Waals surface area contributed by atoms with Crippen LogP contribution in [0.2, 0.25) is 5.02 Å². The molecule has 0 spiro atoms. The zero-order valence-corrected chi connectivity index (χ0v) is 23.9. The van der Waals surface area contributed by atoms with E-state index in [2.05, 4.69) is 26.4 Å². The maximum Gasteiger partial charge on any atom is 0.329 e. The number of rotatable bonds is 4. The Morgan fingerprint density at radius 3 is 2.86 bits per heavy atom. The lowest BCUT2D eigenvalue weighted by molar-refractivity contribution is -0.118. The smallest absolute Gasteiger partial charge is 0.329 e. The van der Waals surface area contributed by atoms with Crippen LogP contribution >= 0.6 is 23.4 Å². The maximum absolute atomic E-state index is 14.0. The van der Waals surface area contributed by atoms with Gasteiger partial charge in [-0.25, -0.2) is 19.2 Å². The molecule has 3 aromatic heterocycles. The van der Waals surface area contributed by atoms with Crippen LogP contribution in [0.25, 0.3) is 32.5 Å². The van der Waals surface area contributed by atoms with Gasteiger partial charge in [0, 0.05) is 49.8 Å². The molecule has 208 valence electrons. The number of hydrogen-bond acceptors (Lipinski definition) is 7. The van der Waals surface area contributed by atoms with Gasteiger partial charge in [-0.2, -0.15) is 5.10 Å². The van der Waals surface area contributed by atoms with Crippen LogP contribution in [0.1, 0.15) is 23.1 Å². The number of nitrogens with zero attached hydrogens (tertiary/aromatic N) is 5. The number of carbonyl (C=O) groups excluding carboxylic acids is 2. The number of benzene rings is 2. The van der Waals surface area contributed by atoms with Gasteiger partial charge in [-0.05, 0) is 60.7 Å². The number of anilines is 1. The summed E-state index contributed by atoms with van der Waals surface area (Å²) >= 11 is 8.32. The van der Waals surface area contributed by atoms with Gasteiger partial charge in [-0.15, -0.1) is 11.8 Å². The molecule has 11 heteroatoms. The number of pyridine rings is 2. The second-order valence-electron chi connectivity index (χ2n) is 10.5. The van der Waals surface area contributed by atoms with Crippen LogP contribution in [0, 0.1) is 0 Å². The van der Waals surface area contributed by atoms with Crippen LogP contribution in [0.4, 0.5) is 10.5 Å². The summed E-state index contributed by atoms with van der Waals surface area (Å²) in [5, 5.41) is 8.97. The van der Waals surface area contributed by atoms with Gasteiger partial charge in [-0.3, -0.25) is 9.78 Å². The van der Waals surface area contributed by atoms with Crippen LogP contribution in [0.3, 0.4) is 0 Å². The van der Waals surface area contributed by atoms with Crippen LogP contribution in [0.5, 0.6) is 5.75 Å². The van der Waals surface area contributed by atoms with Crippen LogP contribution in [-0.2, 0) is 17.6 Å². The molecule has 2 aromatic carbocycles. The monoisotopic (exact) mass is 594 g/mol. The molecule has 2 aliphatic heterocycles. The van der Waals surface area contributed by atoms with Gasteiger partial charge >= 0.3 is 6.03 Å². The number of hydrogen-bond donors (Lipinski definition) is 1. The van der Waals surface area contributed by atoms with E-state index in [-0.39, 0.29) is 5.91 Å². The van der Waals surface area contributed by atoms with E-state index in [9.17, 15) is 9.59 Å². The third kappa shape index (κ3) is 3.75. The molecule has 8 rings (SSSR count). The lowest BCUT2D eigenvalue weighted by Gasteiger charge is -2.33. The van der Waals surface area contributed by atoms with E-state index in [1.54, 1.807) is 25.8 Å². The molecule has 2 atom stereocenters. The molecule has 3 amide bonds. The van der Waals surface area contributed by atoms with Gasteiger partial charge in [0.2, 0.25) is 0 Å². The van der Waals surface area contributed by atoms with E-state index in [0.29, 0.717) is 21.8 Å². The largest absolute Gasteiger partial charge is 0.497 e. The quantitative estimate of drug-likeness (QED) is 0.286. The highest BCUT2D eigenvalue weighted by atomic mass is 35.5. The molecule has 1 saturated heterocycles. The summed E-state index contributed by atoms with van der Waals surface area (Å²) in [6.07, 6.45) is 11.7. The molecule has 42 heavy (non-hydrogen) atoms. The average molecular weight is 595 g/mol. The van der Waals surface area contributed by atoms with E-state index in [0.717, 1.165) is 51.9 Å². The first kappa shape index (κ1) is 25.3. The second kappa shape index (κ2) is 9.57. The van der Waals surface area contributed by atoms with Gasteiger partial charge in [0.05, 0.1) is 25.0 Å². The summed E-state index contributed by atoms with van der Waals surface area (Å²) in [5.74, 6) is 0.314. The molecule has 9 nitrogen and oxygen atoms in total. The van der Waals surface area contributed by atoms with Crippen molar-refractivity contribution >= 4 is 62.3 Å². The number of nitrogens with one attached hydrogen (secondary N) is 1. The van der Waals surface area contributed by atoms with Crippen molar-refractivity contribution in [1.29, 1.82) is 0 Å². The fraction of sp³-hybridized carbons (Fsp3) is 0.194. The highest BCUT2D eigenvalue weighted by Gasteiger charge is 2.46. The van der Waals surface area contributed by atoms with Gasteiger partial charge < -0.3 is 10.1 Å². The zero-order chi connectivity index (χ0) is 28.5. The van der Waals surface area contributed by atoms with E-state index in [4.69, 9.17) is 16.3 Å². The summed E-state index contributed by atoms with van der Waals surface area (Å²) in [5.41, 5.74) is 6.65. The minimum Gasteiger partial charge on any atom is -0.497 e. The molecule has 3 aliphatic rings. The third-order valence-corrected chi connectivity index (χ3v) is 9.90. The van der Waals surface area contributed by atoms with Crippen molar-refractivity contribution in [3.8, 4) is 16.9 Å². The first-order valence-electron chi connectivity index (χ1n) is 13.6. The normalized spacial score (nSPS) is 19.7. The van der Waals surface area contributed by atoms with Crippen LogP contribution < -0.4 is 15.0 Å². The van der Waals surface area contributed by atoms with Crippen molar-refractivity contribution in [2.75, 3.05) is 12.0 Å². The Labute approximate surface area is 249 Å². The third-order valence-electron chi connectivity index (χ3n) is 8.24. The second-order valence-corrected chi connectivity index (χ2v) is 12.1. The number of imide groups is 1. The van der Waals surface area contributed by atoms with Gasteiger partial charge in [-0.1, -0.05) is 23.7 Å². The molecule has 5 heterocycles. The van der Waals surface area contributed by atoms with Crippen molar-refractivity contribution in [1.82, 2.24) is 24.9 Å². The van der Waals surface area contributed by atoms with E-state index in [1.807, 2.05) is 47.1 Å². The maximum atomic E-state index is 14.0. The standard InChI is InChI=1S/C31H23ClN6O3S/c1-41-17-9-8-16-12-33-13-25(21(16)10-17)38-30(39)28-24(36-31(38)40)11-26(42-28)27-19(5-3-7-23(27)32)22-14-37-29(34-15-35-37)20-6-2-4-18(20)22/h3,5,7-15,24,28H,2,4,6H2,1H3,(H,36,40). The van der Waals surface area contributed by atoms with Crippen molar-refractivity contribution in [3.05, 3.63) is 89.1 Å². The Balaban J connectivity index is 1.19. The molecular formula is C31H23ClN6O3S. The Bertz CT molecular complexity index is 2010. The van der Waals surface area contributed by atoms with Gasteiger partial charge in [0.1, 0.15) is 17.3 Å². The fourth-order valence-electron chi connectivity index (χ4n) is 6.34.